The summed E-state index contributed by atoms with van der Waals surface area (Å²) in [5, 5.41) is 39.5. The van der Waals surface area contributed by atoms with Crippen LogP contribution in [0.2, 0.25) is 0 Å². The number of ether oxygens (including phenoxy) is 3. The molecule has 0 amide bonds. The van der Waals surface area contributed by atoms with E-state index in [4.69, 9.17) is 14.2 Å². The van der Waals surface area contributed by atoms with Gasteiger partial charge < -0.3 is 40.2 Å². The second-order valence-electron chi connectivity index (χ2n) is 9.01. The van der Waals surface area contributed by atoms with Crippen LogP contribution in [-0.2, 0) is 14.2 Å². The molecule has 1 saturated carbocycles. The van der Waals surface area contributed by atoms with Gasteiger partial charge in [0.25, 0.3) is 0 Å². The zero-order valence-electron chi connectivity index (χ0n) is 17.7. The maximum Gasteiger partial charge on any atom is 0.234 e. The summed E-state index contributed by atoms with van der Waals surface area (Å²) in [5.41, 5.74) is 0. The Hall–Kier alpha value is -0.320. The highest BCUT2D eigenvalue weighted by molar-refractivity contribution is 5.07. The van der Waals surface area contributed by atoms with Gasteiger partial charge in [0.1, 0.15) is 12.2 Å². The zero-order valence-corrected chi connectivity index (χ0v) is 17.7. The molecule has 1 aliphatic carbocycles. The van der Waals surface area contributed by atoms with Crippen molar-refractivity contribution in [1.29, 1.82) is 0 Å². The van der Waals surface area contributed by atoms with Gasteiger partial charge in [-0.2, -0.15) is 0 Å². The van der Waals surface area contributed by atoms with Crippen LogP contribution >= 0.6 is 0 Å². The molecule has 10 atom stereocenters. The van der Waals surface area contributed by atoms with E-state index in [1.54, 1.807) is 7.05 Å². The molecule has 0 aromatic rings. The third-order valence-electron chi connectivity index (χ3n) is 6.54. The fraction of sp³-hybridized carbons (Fsp3) is 1.00. The van der Waals surface area contributed by atoms with Crippen LogP contribution in [0.3, 0.4) is 0 Å². The normalized spacial score (nSPS) is 49.0. The molecule has 2 aliphatic heterocycles. The molecule has 8 nitrogen and oxygen atoms in total. The van der Waals surface area contributed by atoms with Gasteiger partial charge in [-0.25, -0.2) is 0 Å². The van der Waals surface area contributed by atoms with Gasteiger partial charge in [-0.3, -0.25) is 0 Å². The minimum atomic E-state index is -1.68. The second-order valence-corrected chi connectivity index (χ2v) is 9.01. The van der Waals surface area contributed by atoms with Crippen molar-refractivity contribution in [3.8, 4) is 0 Å². The smallest absolute Gasteiger partial charge is 0.234 e. The lowest BCUT2D eigenvalue weighted by atomic mass is 9.74. The Kier molecular flexibility index (Phi) is 7.04. The number of aliphatic hydroxyl groups excluding tert-OH is 2. The Bertz CT molecular complexity index is 523. The fourth-order valence-corrected chi connectivity index (χ4v) is 4.85. The largest absolute Gasteiger partial charge is 0.391 e. The highest BCUT2D eigenvalue weighted by Crippen LogP contribution is 2.43. The average molecular weight is 403 g/mol. The minimum absolute atomic E-state index is 0.115. The summed E-state index contributed by atoms with van der Waals surface area (Å²) in [6.07, 6.45) is -2.00. The topological polar surface area (TPSA) is 112 Å². The number of rotatable bonds is 6. The highest BCUT2D eigenvalue weighted by Gasteiger charge is 2.63. The Morgan fingerprint density at radius 2 is 1.86 bits per heavy atom. The Labute approximate surface area is 167 Å². The van der Waals surface area contributed by atoms with Gasteiger partial charge >= 0.3 is 0 Å². The molecule has 0 aromatic heterocycles. The first-order chi connectivity index (χ1) is 13.2. The van der Waals surface area contributed by atoms with E-state index in [-0.39, 0.29) is 18.1 Å². The van der Waals surface area contributed by atoms with Crippen LogP contribution in [0, 0.1) is 11.8 Å². The predicted molar refractivity (Wildman–Crippen MR) is 104 cm³/mol. The molecule has 3 rings (SSSR count). The number of fused-ring (bicyclic) bond motifs is 2. The van der Waals surface area contributed by atoms with Crippen molar-refractivity contribution < 1.29 is 29.5 Å². The quantitative estimate of drug-likeness (QED) is 0.420. The van der Waals surface area contributed by atoms with E-state index in [1.807, 2.05) is 13.8 Å². The first kappa shape index (κ1) is 22.4. The molecule has 2 saturated heterocycles. The van der Waals surface area contributed by atoms with Crippen molar-refractivity contribution in [2.45, 2.75) is 102 Å². The predicted octanol–water partition coefficient (Wildman–Crippen LogP) is -0.0522. The number of hydrogen-bond donors (Lipinski definition) is 5. The van der Waals surface area contributed by atoms with Gasteiger partial charge in [0.05, 0.1) is 30.4 Å². The lowest BCUT2D eigenvalue weighted by Gasteiger charge is -2.58. The summed E-state index contributed by atoms with van der Waals surface area (Å²) in [6, 6.07) is -0.823. The van der Waals surface area contributed by atoms with Crippen LogP contribution in [-0.4, -0.2) is 83.6 Å². The number of likely N-dealkylation sites (N-methyl/N-ethyl adjacent to an activating group) is 1. The summed E-state index contributed by atoms with van der Waals surface area (Å²) in [4.78, 5) is 0. The van der Waals surface area contributed by atoms with E-state index in [0.717, 1.165) is 13.0 Å². The maximum atomic E-state index is 11.5. The maximum absolute atomic E-state index is 11.5. The lowest BCUT2D eigenvalue weighted by Crippen LogP contribution is -2.77. The molecule has 3 aliphatic rings. The van der Waals surface area contributed by atoms with Gasteiger partial charge in [0.15, 0.2) is 0 Å². The first-order valence-corrected chi connectivity index (χ1v) is 10.7. The standard InChI is InChI=1S/C20H38N2O6/c1-6-12-15(23)14(21-5)17-18(16(12)24)27-19-20(25,28-17)13(9-11(4)26-19)22-8-7-10(2)3/h10-19,21-25H,6-9H2,1-5H3/t11-,12-,13-,14+,15+,16+,17?,18?,19?,20+/m1/s1. The van der Waals surface area contributed by atoms with Gasteiger partial charge in [-0.15, -0.1) is 0 Å². The summed E-state index contributed by atoms with van der Waals surface area (Å²) < 4.78 is 18.2. The monoisotopic (exact) mass is 402 g/mol. The zero-order chi connectivity index (χ0) is 20.6. The summed E-state index contributed by atoms with van der Waals surface area (Å²) >= 11 is 0. The molecule has 0 radical (unpaired) electrons. The Morgan fingerprint density at radius 1 is 1.14 bits per heavy atom. The van der Waals surface area contributed by atoms with Crippen LogP contribution in [0.5, 0.6) is 0 Å². The van der Waals surface area contributed by atoms with Crippen LogP contribution in [0.1, 0.15) is 47.0 Å². The van der Waals surface area contributed by atoms with Gasteiger partial charge in [0, 0.05) is 5.92 Å². The van der Waals surface area contributed by atoms with E-state index in [9.17, 15) is 15.3 Å². The summed E-state index contributed by atoms with van der Waals surface area (Å²) in [7, 11) is 1.74. The number of aliphatic hydroxyl groups is 3. The molecule has 28 heavy (non-hydrogen) atoms. The second kappa shape index (κ2) is 8.81. The third kappa shape index (κ3) is 3.98. The van der Waals surface area contributed by atoms with E-state index in [0.29, 0.717) is 18.8 Å². The molecule has 0 aromatic carbocycles. The number of hydrogen-bond acceptors (Lipinski definition) is 8. The number of nitrogens with one attached hydrogen (secondary N) is 2. The van der Waals surface area contributed by atoms with Gasteiger partial charge in [-0.05, 0) is 45.7 Å². The highest BCUT2D eigenvalue weighted by atomic mass is 16.8. The summed E-state index contributed by atoms with van der Waals surface area (Å²) in [6.45, 7) is 8.93. The van der Waals surface area contributed by atoms with Crippen LogP contribution in [0.4, 0.5) is 0 Å². The van der Waals surface area contributed by atoms with Crippen molar-refractivity contribution in [1.82, 2.24) is 10.6 Å². The molecule has 8 heteroatoms. The van der Waals surface area contributed by atoms with Crippen molar-refractivity contribution in [3.05, 3.63) is 0 Å². The van der Waals surface area contributed by atoms with Crippen LogP contribution in [0.15, 0.2) is 0 Å². The van der Waals surface area contributed by atoms with E-state index < -0.39 is 42.5 Å². The van der Waals surface area contributed by atoms with Crippen molar-refractivity contribution in [2.75, 3.05) is 13.6 Å². The van der Waals surface area contributed by atoms with Gasteiger partial charge in [0.2, 0.25) is 12.1 Å². The average Bonchev–Trinajstić information content (AvgIpc) is 2.62. The molecular formula is C20H38N2O6. The SMILES string of the molecule is CC[C@@H]1[C@H](O)[C@H](NC)C2O[C@]3(O)C(OC2[C@H]1O)O[C@H](C)C[C@H]3NCCC(C)C. The van der Waals surface area contributed by atoms with Gasteiger partial charge in [-0.1, -0.05) is 20.8 Å². The van der Waals surface area contributed by atoms with E-state index >= 15 is 0 Å². The third-order valence-corrected chi connectivity index (χ3v) is 6.54. The molecule has 5 N–H and O–H groups in total. The molecule has 3 unspecified atom stereocenters. The van der Waals surface area contributed by atoms with Crippen molar-refractivity contribution >= 4 is 0 Å². The van der Waals surface area contributed by atoms with E-state index in [1.165, 1.54) is 0 Å². The Balaban J connectivity index is 1.83. The van der Waals surface area contributed by atoms with Crippen LogP contribution in [0.25, 0.3) is 0 Å². The molecule has 164 valence electrons. The molecule has 0 spiro atoms. The molecular weight excluding hydrogens is 364 g/mol. The first-order valence-electron chi connectivity index (χ1n) is 10.7. The molecule has 3 fully saturated rings. The minimum Gasteiger partial charge on any atom is -0.391 e. The lowest BCUT2D eigenvalue weighted by molar-refractivity contribution is -0.451. The van der Waals surface area contributed by atoms with E-state index in [2.05, 4.69) is 24.5 Å². The van der Waals surface area contributed by atoms with Crippen molar-refractivity contribution in [2.24, 2.45) is 11.8 Å². The van der Waals surface area contributed by atoms with Crippen molar-refractivity contribution in [3.63, 3.8) is 0 Å². The fourth-order valence-electron chi connectivity index (χ4n) is 4.85. The summed E-state index contributed by atoms with van der Waals surface area (Å²) in [5.74, 6) is -1.47. The molecule has 0 bridgehead atoms. The molecule has 2 heterocycles. The van der Waals surface area contributed by atoms with Crippen LogP contribution < -0.4 is 10.6 Å². The Morgan fingerprint density at radius 3 is 2.46 bits per heavy atom.